The first-order valence-corrected chi connectivity index (χ1v) is 6.56. The predicted molar refractivity (Wildman–Crippen MR) is 67.9 cm³/mol. The number of hydrogen-bond donors (Lipinski definition) is 1. The third kappa shape index (κ3) is 2.44. The van der Waals surface area contributed by atoms with Gasteiger partial charge in [0.1, 0.15) is 6.07 Å². The zero-order valence-electron chi connectivity index (χ0n) is 10.3. The third-order valence-corrected chi connectivity index (χ3v) is 3.78. The Hall–Kier alpha value is -1.67. The van der Waals surface area contributed by atoms with Crippen molar-refractivity contribution in [3.63, 3.8) is 0 Å². The van der Waals surface area contributed by atoms with Crippen LogP contribution >= 0.6 is 0 Å². The molecule has 1 atom stereocenters. The number of nitrogens with zero attached hydrogens (tertiary/aromatic N) is 4. The van der Waals surface area contributed by atoms with Gasteiger partial charge in [0.25, 0.3) is 0 Å². The Morgan fingerprint density at radius 2 is 2.33 bits per heavy atom. The SMILES string of the molecule is N#Cc1ccnnc1NCC1CCN(C2CC2)C1. The van der Waals surface area contributed by atoms with Gasteiger partial charge in [-0.2, -0.15) is 10.4 Å². The first kappa shape index (κ1) is 11.4. The third-order valence-electron chi connectivity index (χ3n) is 3.78. The van der Waals surface area contributed by atoms with E-state index in [2.05, 4.69) is 26.5 Å². The Morgan fingerprint density at radius 3 is 3.11 bits per heavy atom. The van der Waals surface area contributed by atoms with E-state index in [4.69, 9.17) is 5.26 Å². The highest BCUT2D eigenvalue weighted by atomic mass is 15.2. The standard InChI is InChI=1S/C13H17N5/c14-7-11-3-5-16-17-13(11)15-8-10-4-6-18(9-10)12-1-2-12/h3,5,10,12H,1-2,4,6,8-9H2,(H,15,17). The van der Waals surface area contributed by atoms with Crippen LogP contribution in [0.25, 0.3) is 0 Å². The minimum Gasteiger partial charge on any atom is -0.367 e. The van der Waals surface area contributed by atoms with E-state index in [1.54, 1.807) is 12.3 Å². The number of likely N-dealkylation sites (tertiary alicyclic amines) is 1. The van der Waals surface area contributed by atoms with Gasteiger partial charge in [-0.15, -0.1) is 5.10 Å². The summed E-state index contributed by atoms with van der Waals surface area (Å²) in [5.41, 5.74) is 0.571. The summed E-state index contributed by atoms with van der Waals surface area (Å²) in [6, 6.07) is 4.69. The average Bonchev–Trinajstić information content (AvgIpc) is 3.16. The lowest BCUT2D eigenvalue weighted by Gasteiger charge is -2.15. The zero-order chi connectivity index (χ0) is 12.4. The van der Waals surface area contributed by atoms with Gasteiger partial charge in [0, 0.05) is 19.1 Å². The maximum Gasteiger partial charge on any atom is 0.166 e. The summed E-state index contributed by atoms with van der Waals surface area (Å²) >= 11 is 0. The average molecular weight is 243 g/mol. The van der Waals surface area contributed by atoms with E-state index in [0.717, 1.165) is 12.6 Å². The molecule has 1 unspecified atom stereocenters. The highest BCUT2D eigenvalue weighted by Gasteiger charge is 2.34. The Labute approximate surface area is 107 Å². The van der Waals surface area contributed by atoms with Gasteiger partial charge in [0.15, 0.2) is 5.82 Å². The molecule has 2 heterocycles. The van der Waals surface area contributed by atoms with Gasteiger partial charge >= 0.3 is 0 Å². The fraction of sp³-hybridized carbons (Fsp3) is 0.615. The van der Waals surface area contributed by atoms with Crippen LogP contribution < -0.4 is 5.32 Å². The molecule has 0 radical (unpaired) electrons. The highest BCUT2D eigenvalue weighted by molar-refractivity contribution is 5.50. The Kier molecular flexibility index (Phi) is 3.11. The summed E-state index contributed by atoms with van der Waals surface area (Å²) in [4.78, 5) is 2.59. The predicted octanol–water partition coefficient (Wildman–Crippen LogP) is 1.24. The molecule has 1 saturated carbocycles. The van der Waals surface area contributed by atoms with E-state index in [0.29, 0.717) is 17.3 Å². The first-order valence-electron chi connectivity index (χ1n) is 6.56. The molecular weight excluding hydrogens is 226 g/mol. The molecule has 2 aliphatic rings. The minimum atomic E-state index is 0.571. The lowest BCUT2D eigenvalue weighted by atomic mass is 10.1. The number of anilines is 1. The number of nitriles is 1. The van der Waals surface area contributed by atoms with Crippen molar-refractivity contribution in [2.24, 2.45) is 5.92 Å². The van der Waals surface area contributed by atoms with Crippen molar-refractivity contribution < 1.29 is 0 Å². The van der Waals surface area contributed by atoms with E-state index in [-0.39, 0.29) is 0 Å². The van der Waals surface area contributed by atoms with Crippen molar-refractivity contribution in [2.45, 2.75) is 25.3 Å². The molecule has 0 aromatic carbocycles. The second kappa shape index (κ2) is 4.91. The molecule has 0 spiro atoms. The van der Waals surface area contributed by atoms with Gasteiger partial charge in [-0.25, -0.2) is 0 Å². The molecule has 5 nitrogen and oxygen atoms in total. The monoisotopic (exact) mass is 243 g/mol. The summed E-state index contributed by atoms with van der Waals surface area (Å²) in [6.07, 6.45) is 5.55. The van der Waals surface area contributed by atoms with Crippen molar-refractivity contribution in [2.75, 3.05) is 25.0 Å². The van der Waals surface area contributed by atoms with Crippen LogP contribution in [0.3, 0.4) is 0 Å². The summed E-state index contributed by atoms with van der Waals surface area (Å²) < 4.78 is 0. The van der Waals surface area contributed by atoms with E-state index in [1.807, 2.05) is 0 Å². The first-order chi connectivity index (χ1) is 8.86. The summed E-state index contributed by atoms with van der Waals surface area (Å²) in [5, 5.41) is 20.0. The largest absolute Gasteiger partial charge is 0.367 e. The molecule has 3 rings (SSSR count). The molecule has 18 heavy (non-hydrogen) atoms. The molecule has 1 aliphatic heterocycles. The molecule has 5 heteroatoms. The van der Waals surface area contributed by atoms with Crippen LogP contribution in [0.4, 0.5) is 5.82 Å². The molecule has 2 fully saturated rings. The summed E-state index contributed by atoms with van der Waals surface area (Å²) in [7, 11) is 0. The van der Waals surface area contributed by atoms with Crippen molar-refractivity contribution in [1.82, 2.24) is 15.1 Å². The van der Waals surface area contributed by atoms with E-state index in [9.17, 15) is 0 Å². The van der Waals surface area contributed by atoms with Crippen LogP contribution in [0.1, 0.15) is 24.8 Å². The van der Waals surface area contributed by atoms with Crippen LogP contribution in [0.2, 0.25) is 0 Å². The van der Waals surface area contributed by atoms with E-state index < -0.39 is 0 Å². The van der Waals surface area contributed by atoms with Crippen molar-refractivity contribution >= 4 is 5.82 Å². The van der Waals surface area contributed by atoms with Crippen molar-refractivity contribution in [3.05, 3.63) is 17.8 Å². The highest BCUT2D eigenvalue weighted by Crippen LogP contribution is 2.31. The number of nitrogens with one attached hydrogen (secondary N) is 1. The van der Waals surface area contributed by atoms with Crippen molar-refractivity contribution in [3.8, 4) is 6.07 Å². The Morgan fingerprint density at radius 1 is 1.44 bits per heavy atom. The summed E-state index contributed by atoms with van der Waals surface area (Å²) in [5.74, 6) is 1.28. The molecule has 1 saturated heterocycles. The van der Waals surface area contributed by atoms with Crippen LogP contribution in [-0.2, 0) is 0 Å². The van der Waals surface area contributed by atoms with Gasteiger partial charge < -0.3 is 10.2 Å². The molecule has 1 aliphatic carbocycles. The fourth-order valence-electron chi connectivity index (χ4n) is 2.59. The number of rotatable bonds is 4. The van der Waals surface area contributed by atoms with Gasteiger partial charge in [0.05, 0.1) is 11.8 Å². The lowest BCUT2D eigenvalue weighted by molar-refractivity contribution is 0.316. The lowest BCUT2D eigenvalue weighted by Crippen LogP contribution is -2.25. The normalized spacial score (nSPS) is 23.8. The van der Waals surface area contributed by atoms with Gasteiger partial charge in [-0.05, 0) is 37.8 Å². The van der Waals surface area contributed by atoms with Crippen molar-refractivity contribution in [1.29, 1.82) is 5.26 Å². The topological polar surface area (TPSA) is 64.8 Å². The van der Waals surface area contributed by atoms with Crippen LogP contribution in [-0.4, -0.2) is 40.8 Å². The molecule has 0 bridgehead atoms. The van der Waals surface area contributed by atoms with Crippen LogP contribution in [0, 0.1) is 17.2 Å². The van der Waals surface area contributed by atoms with Crippen LogP contribution in [0.5, 0.6) is 0 Å². The second-order valence-corrected chi connectivity index (χ2v) is 5.17. The van der Waals surface area contributed by atoms with Crippen LogP contribution in [0.15, 0.2) is 12.3 Å². The maximum atomic E-state index is 8.97. The van der Waals surface area contributed by atoms with Gasteiger partial charge in [-0.1, -0.05) is 0 Å². The second-order valence-electron chi connectivity index (χ2n) is 5.17. The maximum absolute atomic E-state index is 8.97. The van der Waals surface area contributed by atoms with Gasteiger partial charge in [-0.3, -0.25) is 0 Å². The molecule has 1 N–H and O–H groups in total. The summed E-state index contributed by atoms with van der Waals surface area (Å²) in [6.45, 7) is 3.29. The quantitative estimate of drug-likeness (QED) is 0.862. The van der Waals surface area contributed by atoms with E-state index >= 15 is 0 Å². The minimum absolute atomic E-state index is 0.571. The Balaban J connectivity index is 1.53. The molecular formula is C13H17N5. The molecule has 0 amide bonds. The number of aromatic nitrogens is 2. The molecule has 1 aromatic heterocycles. The van der Waals surface area contributed by atoms with Gasteiger partial charge in [0.2, 0.25) is 0 Å². The molecule has 1 aromatic rings. The Bertz CT molecular complexity index is 463. The fourth-order valence-corrected chi connectivity index (χ4v) is 2.59. The van der Waals surface area contributed by atoms with E-state index in [1.165, 1.54) is 32.4 Å². The molecule has 94 valence electrons. The smallest absolute Gasteiger partial charge is 0.166 e. The zero-order valence-corrected chi connectivity index (χ0v) is 10.3. The number of hydrogen-bond acceptors (Lipinski definition) is 5.